The van der Waals surface area contributed by atoms with E-state index in [1.54, 1.807) is 4.90 Å². The van der Waals surface area contributed by atoms with Crippen molar-refractivity contribution in [2.24, 2.45) is 11.7 Å². The SMILES string of the molecule is NC(=O)N1CCN(CC2CC2)CC1. The number of rotatable bonds is 2. The van der Waals surface area contributed by atoms with Crippen molar-refractivity contribution in [2.75, 3.05) is 32.7 Å². The Balaban J connectivity index is 1.71. The standard InChI is InChI=1S/C9H17N3O/c10-9(13)12-5-3-11(4-6-12)7-8-1-2-8/h8H,1-7H2,(H2,10,13). The van der Waals surface area contributed by atoms with Crippen molar-refractivity contribution in [3.8, 4) is 0 Å². The maximum Gasteiger partial charge on any atom is 0.314 e. The average Bonchev–Trinajstić information content (AvgIpc) is 2.89. The molecule has 2 amide bonds. The van der Waals surface area contributed by atoms with Crippen molar-refractivity contribution >= 4 is 6.03 Å². The second-order valence-electron chi connectivity index (χ2n) is 4.07. The molecule has 2 rings (SSSR count). The van der Waals surface area contributed by atoms with Gasteiger partial charge < -0.3 is 10.6 Å². The van der Waals surface area contributed by atoms with Crippen LogP contribution in [-0.2, 0) is 0 Å². The van der Waals surface area contributed by atoms with E-state index < -0.39 is 0 Å². The lowest BCUT2D eigenvalue weighted by Gasteiger charge is -2.33. The highest BCUT2D eigenvalue weighted by atomic mass is 16.2. The number of hydrogen-bond donors (Lipinski definition) is 1. The largest absolute Gasteiger partial charge is 0.351 e. The molecule has 4 nitrogen and oxygen atoms in total. The average molecular weight is 183 g/mol. The highest BCUT2D eigenvalue weighted by Gasteiger charge is 2.26. The zero-order valence-electron chi connectivity index (χ0n) is 7.91. The van der Waals surface area contributed by atoms with Crippen molar-refractivity contribution < 1.29 is 4.79 Å². The molecule has 13 heavy (non-hydrogen) atoms. The number of carbonyl (C=O) groups is 1. The molecule has 1 saturated carbocycles. The Morgan fingerprint density at radius 3 is 2.31 bits per heavy atom. The fourth-order valence-corrected chi connectivity index (χ4v) is 1.82. The van der Waals surface area contributed by atoms with Gasteiger partial charge in [-0.25, -0.2) is 4.79 Å². The summed E-state index contributed by atoms with van der Waals surface area (Å²) in [6, 6.07) is -0.272. The fraction of sp³-hybridized carbons (Fsp3) is 0.889. The number of carbonyl (C=O) groups excluding carboxylic acids is 1. The predicted octanol–water partition coefficient (Wildman–Crippen LogP) is 0.0927. The summed E-state index contributed by atoms with van der Waals surface area (Å²) in [5.41, 5.74) is 5.19. The Morgan fingerprint density at radius 1 is 1.23 bits per heavy atom. The van der Waals surface area contributed by atoms with Crippen molar-refractivity contribution in [1.29, 1.82) is 0 Å². The normalized spacial score (nSPS) is 24.8. The third kappa shape index (κ3) is 2.34. The van der Waals surface area contributed by atoms with Crippen LogP contribution in [-0.4, -0.2) is 48.6 Å². The summed E-state index contributed by atoms with van der Waals surface area (Å²) < 4.78 is 0. The number of piperazine rings is 1. The minimum absolute atomic E-state index is 0.272. The predicted molar refractivity (Wildman–Crippen MR) is 50.3 cm³/mol. The van der Waals surface area contributed by atoms with Crippen LogP contribution in [0.25, 0.3) is 0 Å². The van der Waals surface area contributed by atoms with Crippen LogP contribution in [0.15, 0.2) is 0 Å². The Morgan fingerprint density at radius 2 is 1.85 bits per heavy atom. The summed E-state index contributed by atoms with van der Waals surface area (Å²) in [6.07, 6.45) is 2.80. The second kappa shape index (κ2) is 3.54. The van der Waals surface area contributed by atoms with Crippen molar-refractivity contribution in [2.45, 2.75) is 12.8 Å². The molecule has 0 atom stereocenters. The Labute approximate surface area is 78.7 Å². The number of amides is 2. The van der Waals surface area contributed by atoms with Gasteiger partial charge in [-0.2, -0.15) is 0 Å². The van der Waals surface area contributed by atoms with Crippen LogP contribution >= 0.6 is 0 Å². The summed E-state index contributed by atoms with van der Waals surface area (Å²) in [6.45, 7) is 4.84. The van der Waals surface area contributed by atoms with Gasteiger partial charge in [0.25, 0.3) is 0 Å². The van der Waals surface area contributed by atoms with Crippen molar-refractivity contribution in [3.63, 3.8) is 0 Å². The Hall–Kier alpha value is -0.770. The van der Waals surface area contributed by atoms with Gasteiger partial charge in [0.1, 0.15) is 0 Å². The van der Waals surface area contributed by atoms with Gasteiger partial charge in [-0.1, -0.05) is 0 Å². The molecule has 2 N–H and O–H groups in total. The van der Waals surface area contributed by atoms with Crippen LogP contribution in [0, 0.1) is 5.92 Å². The third-order valence-corrected chi connectivity index (χ3v) is 2.90. The molecule has 0 radical (unpaired) electrons. The zero-order chi connectivity index (χ0) is 9.26. The van der Waals surface area contributed by atoms with E-state index in [-0.39, 0.29) is 6.03 Å². The van der Waals surface area contributed by atoms with E-state index >= 15 is 0 Å². The minimum Gasteiger partial charge on any atom is -0.351 e. The molecule has 1 saturated heterocycles. The van der Waals surface area contributed by atoms with E-state index in [1.165, 1.54) is 19.4 Å². The van der Waals surface area contributed by atoms with Gasteiger partial charge in [0.15, 0.2) is 0 Å². The molecule has 2 aliphatic rings. The maximum atomic E-state index is 10.8. The van der Waals surface area contributed by atoms with Gasteiger partial charge in [-0.15, -0.1) is 0 Å². The zero-order valence-corrected chi connectivity index (χ0v) is 7.91. The summed E-state index contributed by atoms with van der Waals surface area (Å²) in [5.74, 6) is 0.945. The van der Waals surface area contributed by atoms with Crippen LogP contribution in [0.1, 0.15) is 12.8 Å². The quantitative estimate of drug-likeness (QED) is 0.659. The Kier molecular flexibility index (Phi) is 2.40. The van der Waals surface area contributed by atoms with E-state index in [0.717, 1.165) is 32.1 Å². The second-order valence-corrected chi connectivity index (χ2v) is 4.07. The van der Waals surface area contributed by atoms with E-state index in [4.69, 9.17) is 5.73 Å². The first-order chi connectivity index (χ1) is 6.25. The molecule has 0 aromatic carbocycles. The van der Waals surface area contributed by atoms with Gasteiger partial charge in [-0.3, -0.25) is 4.90 Å². The molecule has 1 heterocycles. The van der Waals surface area contributed by atoms with E-state index in [2.05, 4.69) is 4.90 Å². The molecular formula is C9H17N3O. The van der Waals surface area contributed by atoms with Crippen molar-refractivity contribution in [3.05, 3.63) is 0 Å². The summed E-state index contributed by atoms with van der Waals surface area (Å²) >= 11 is 0. The number of primary amides is 1. The minimum atomic E-state index is -0.272. The molecule has 0 aromatic rings. The van der Waals surface area contributed by atoms with Gasteiger partial charge >= 0.3 is 6.03 Å². The molecular weight excluding hydrogens is 166 g/mol. The van der Waals surface area contributed by atoms with Gasteiger partial charge in [0, 0.05) is 32.7 Å². The molecule has 2 fully saturated rings. The Bertz CT molecular complexity index is 195. The molecule has 0 aromatic heterocycles. The summed E-state index contributed by atoms with van der Waals surface area (Å²) in [7, 11) is 0. The molecule has 1 aliphatic carbocycles. The van der Waals surface area contributed by atoms with E-state index in [0.29, 0.717) is 0 Å². The van der Waals surface area contributed by atoms with E-state index in [9.17, 15) is 4.79 Å². The van der Waals surface area contributed by atoms with Crippen LogP contribution in [0.5, 0.6) is 0 Å². The molecule has 0 bridgehead atoms. The number of nitrogens with zero attached hydrogens (tertiary/aromatic N) is 2. The third-order valence-electron chi connectivity index (χ3n) is 2.90. The van der Waals surface area contributed by atoms with Crippen LogP contribution in [0.4, 0.5) is 4.79 Å². The van der Waals surface area contributed by atoms with Gasteiger partial charge in [0.05, 0.1) is 0 Å². The molecule has 74 valence electrons. The maximum absolute atomic E-state index is 10.8. The van der Waals surface area contributed by atoms with Gasteiger partial charge in [0.2, 0.25) is 0 Å². The smallest absolute Gasteiger partial charge is 0.314 e. The lowest BCUT2D eigenvalue weighted by Crippen LogP contribution is -2.50. The monoisotopic (exact) mass is 183 g/mol. The number of urea groups is 1. The highest BCUT2D eigenvalue weighted by molar-refractivity contribution is 5.72. The number of hydrogen-bond acceptors (Lipinski definition) is 2. The summed E-state index contributed by atoms with van der Waals surface area (Å²) in [4.78, 5) is 15.0. The van der Waals surface area contributed by atoms with E-state index in [1.807, 2.05) is 0 Å². The lowest BCUT2D eigenvalue weighted by atomic mass is 10.3. The highest BCUT2D eigenvalue weighted by Crippen LogP contribution is 2.29. The summed E-state index contributed by atoms with van der Waals surface area (Å²) in [5, 5.41) is 0. The van der Waals surface area contributed by atoms with Crippen LogP contribution in [0.2, 0.25) is 0 Å². The molecule has 0 spiro atoms. The molecule has 0 unspecified atom stereocenters. The van der Waals surface area contributed by atoms with Crippen molar-refractivity contribution in [1.82, 2.24) is 9.80 Å². The fourth-order valence-electron chi connectivity index (χ4n) is 1.82. The topological polar surface area (TPSA) is 49.6 Å². The van der Waals surface area contributed by atoms with Gasteiger partial charge in [-0.05, 0) is 18.8 Å². The first-order valence-electron chi connectivity index (χ1n) is 5.02. The van der Waals surface area contributed by atoms with Crippen LogP contribution in [0.3, 0.4) is 0 Å². The first kappa shape index (κ1) is 8.81. The molecule has 4 heteroatoms. The number of nitrogens with two attached hydrogens (primary N) is 1. The molecule has 1 aliphatic heterocycles. The van der Waals surface area contributed by atoms with Crippen LogP contribution < -0.4 is 5.73 Å². The lowest BCUT2D eigenvalue weighted by molar-refractivity contribution is 0.141. The first-order valence-corrected chi connectivity index (χ1v) is 5.02.